The fraction of sp³-hybridized carbons (Fsp3) is 0.250. The largest absolute Gasteiger partial charge is 0.466 e. The minimum atomic E-state index is -1.02. The summed E-state index contributed by atoms with van der Waals surface area (Å²) in [7, 11) is 1.23. The molecule has 24 heavy (non-hydrogen) atoms. The van der Waals surface area contributed by atoms with Gasteiger partial charge in [0.2, 0.25) is 0 Å². The second-order valence-corrected chi connectivity index (χ2v) is 6.00. The van der Waals surface area contributed by atoms with Crippen molar-refractivity contribution in [3.05, 3.63) is 34.8 Å². The molecule has 7 nitrogen and oxygen atoms in total. The van der Waals surface area contributed by atoms with Gasteiger partial charge in [-0.25, -0.2) is 14.6 Å². The van der Waals surface area contributed by atoms with Gasteiger partial charge in [0.25, 0.3) is 5.71 Å². The molecule has 0 unspecified atom stereocenters. The zero-order chi connectivity index (χ0) is 17.3. The highest BCUT2D eigenvalue weighted by molar-refractivity contribution is 7.13. The van der Waals surface area contributed by atoms with E-state index >= 15 is 0 Å². The number of nitrogens with zero attached hydrogens (tertiary/aromatic N) is 2. The molecule has 0 bridgehead atoms. The van der Waals surface area contributed by atoms with Crippen molar-refractivity contribution in [3.8, 4) is 10.6 Å². The molecule has 0 spiro atoms. The van der Waals surface area contributed by atoms with E-state index in [9.17, 15) is 9.59 Å². The lowest BCUT2D eigenvalue weighted by molar-refractivity contribution is -0.149. The van der Waals surface area contributed by atoms with Gasteiger partial charge in [0.1, 0.15) is 0 Å². The second-order valence-electron chi connectivity index (χ2n) is 5.05. The molecule has 8 heteroatoms. The maximum Gasteiger partial charge on any atom is 0.346 e. The number of esters is 2. The zero-order valence-corrected chi connectivity index (χ0v) is 14.0. The Morgan fingerprint density at radius 1 is 1.38 bits per heavy atom. The molecule has 0 aliphatic heterocycles. The highest BCUT2D eigenvalue weighted by atomic mass is 32.1. The van der Waals surface area contributed by atoms with Crippen molar-refractivity contribution in [2.75, 3.05) is 7.11 Å². The first-order valence-electron chi connectivity index (χ1n) is 7.11. The Morgan fingerprint density at radius 2 is 2.17 bits per heavy atom. The maximum absolute atomic E-state index is 12.5. The first-order chi connectivity index (χ1) is 11.5. The van der Waals surface area contributed by atoms with Crippen LogP contribution in [0.2, 0.25) is 0 Å². The molecule has 3 rings (SSSR count). The molecule has 0 radical (unpaired) electrons. The van der Waals surface area contributed by atoms with Crippen molar-refractivity contribution in [1.82, 2.24) is 10.1 Å². The van der Waals surface area contributed by atoms with Crippen molar-refractivity contribution < 1.29 is 23.6 Å². The molecule has 0 aliphatic carbocycles. The molecule has 0 saturated heterocycles. The number of ether oxygens (including phenoxy) is 2. The maximum atomic E-state index is 12.5. The highest BCUT2D eigenvalue weighted by Crippen LogP contribution is 2.29. The third kappa shape index (κ3) is 2.88. The Balaban J connectivity index is 2.06. The van der Waals surface area contributed by atoms with Gasteiger partial charge in [0.05, 0.1) is 34.3 Å². The van der Waals surface area contributed by atoms with Crippen molar-refractivity contribution in [2.45, 2.75) is 20.0 Å². The van der Waals surface area contributed by atoms with Crippen LogP contribution < -0.4 is 0 Å². The fourth-order valence-corrected chi connectivity index (χ4v) is 2.93. The van der Waals surface area contributed by atoms with Crippen LogP contribution in [0.3, 0.4) is 0 Å². The minimum Gasteiger partial charge on any atom is -0.466 e. The van der Waals surface area contributed by atoms with Crippen LogP contribution in [0.5, 0.6) is 0 Å². The number of pyridine rings is 1. The van der Waals surface area contributed by atoms with Crippen molar-refractivity contribution >= 4 is 34.4 Å². The highest BCUT2D eigenvalue weighted by Gasteiger charge is 2.24. The molecule has 0 aliphatic rings. The molecule has 0 N–H and O–H groups in total. The summed E-state index contributed by atoms with van der Waals surface area (Å²) in [6, 6.07) is 5.38. The molecule has 3 aromatic heterocycles. The van der Waals surface area contributed by atoms with Gasteiger partial charge in [-0.15, -0.1) is 11.3 Å². The van der Waals surface area contributed by atoms with E-state index in [0.717, 1.165) is 4.88 Å². The summed E-state index contributed by atoms with van der Waals surface area (Å²) in [5.74, 6) is -1.29. The topological polar surface area (TPSA) is 91.5 Å². The first-order valence-corrected chi connectivity index (χ1v) is 7.99. The van der Waals surface area contributed by atoms with E-state index in [0.29, 0.717) is 16.8 Å². The second kappa shape index (κ2) is 6.40. The Hall–Kier alpha value is -2.74. The van der Waals surface area contributed by atoms with Gasteiger partial charge in [-0.2, -0.15) is 0 Å². The van der Waals surface area contributed by atoms with E-state index in [1.54, 1.807) is 13.0 Å². The molecule has 124 valence electrons. The van der Waals surface area contributed by atoms with Crippen LogP contribution in [0, 0.1) is 6.92 Å². The van der Waals surface area contributed by atoms with E-state index < -0.39 is 18.0 Å². The van der Waals surface area contributed by atoms with Gasteiger partial charge in [-0.3, -0.25) is 0 Å². The van der Waals surface area contributed by atoms with Gasteiger partial charge in [-0.05, 0) is 31.4 Å². The molecule has 1 atom stereocenters. The number of aromatic nitrogens is 2. The predicted octanol–water partition coefficient (Wildman–Crippen LogP) is 2.98. The molecule has 0 amide bonds. The first kappa shape index (κ1) is 16.1. The smallest absolute Gasteiger partial charge is 0.346 e. The number of hydrogen-bond donors (Lipinski definition) is 0. The third-order valence-corrected chi connectivity index (χ3v) is 4.32. The number of methoxy groups -OCH3 is 1. The lowest BCUT2D eigenvalue weighted by Gasteiger charge is -2.11. The van der Waals surface area contributed by atoms with E-state index in [-0.39, 0.29) is 11.3 Å². The molecule has 0 aromatic carbocycles. The summed E-state index contributed by atoms with van der Waals surface area (Å²) in [5, 5.41) is 6.23. The Morgan fingerprint density at radius 3 is 2.83 bits per heavy atom. The van der Waals surface area contributed by atoms with Crippen molar-refractivity contribution in [2.24, 2.45) is 0 Å². The number of fused-ring (bicyclic) bond motifs is 1. The van der Waals surface area contributed by atoms with Gasteiger partial charge in [0.15, 0.2) is 6.10 Å². The van der Waals surface area contributed by atoms with Gasteiger partial charge in [0, 0.05) is 0 Å². The Kier molecular flexibility index (Phi) is 4.30. The van der Waals surface area contributed by atoms with Crippen LogP contribution in [-0.2, 0) is 14.3 Å². The minimum absolute atomic E-state index is 0.246. The SMILES string of the molecule is COC(=O)[C@H](C)OC(=O)c1cc(-c2cccs2)nc2onc(C)c12. The summed E-state index contributed by atoms with van der Waals surface area (Å²) >= 11 is 1.48. The predicted molar refractivity (Wildman–Crippen MR) is 86.7 cm³/mol. The summed E-state index contributed by atoms with van der Waals surface area (Å²) in [5.41, 5.74) is 1.59. The fourth-order valence-electron chi connectivity index (χ4n) is 2.24. The van der Waals surface area contributed by atoms with Crippen LogP contribution in [0.25, 0.3) is 21.7 Å². The molecular weight excluding hydrogens is 332 g/mol. The normalized spacial score (nSPS) is 12.1. The number of carbonyl (C=O) groups excluding carboxylic acids is 2. The van der Waals surface area contributed by atoms with E-state index in [1.165, 1.54) is 25.4 Å². The number of carbonyl (C=O) groups is 2. The van der Waals surface area contributed by atoms with Gasteiger partial charge >= 0.3 is 11.9 Å². The molecule has 3 heterocycles. The van der Waals surface area contributed by atoms with E-state index in [1.807, 2.05) is 17.5 Å². The van der Waals surface area contributed by atoms with Crippen LogP contribution >= 0.6 is 11.3 Å². The van der Waals surface area contributed by atoms with Crippen LogP contribution in [0.1, 0.15) is 23.0 Å². The molecule has 3 aromatic rings. The van der Waals surface area contributed by atoms with Gasteiger partial charge in [-0.1, -0.05) is 11.2 Å². The van der Waals surface area contributed by atoms with E-state index in [2.05, 4.69) is 14.9 Å². The lowest BCUT2D eigenvalue weighted by atomic mass is 10.1. The average molecular weight is 346 g/mol. The van der Waals surface area contributed by atoms with E-state index in [4.69, 9.17) is 9.26 Å². The Labute approximate surface area is 141 Å². The summed E-state index contributed by atoms with van der Waals surface area (Å²) in [6.07, 6.45) is -1.02. The lowest BCUT2D eigenvalue weighted by Crippen LogP contribution is -2.25. The molecule has 0 fully saturated rings. The number of thiophene rings is 1. The van der Waals surface area contributed by atoms with Crippen molar-refractivity contribution in [3.63, 3.8) is 0 Å². The quantitative estimate of drug-likeness (QED) is 0.671. The summed E-state index contributed by atoms with van der Waals surface area (Å²) in [6.45, 7) is 3.15. The van der Waals surface area contributed by atoms with Gasteiger partial charge < -0.3 is 14.0 Å². The Bertz CT molecular complexity index is 901. The van der Waals surface area contributed by atoms with Crippen LogP contribution in [0.4, 0.5) is 0 Å². The summed E-state index contributed by atoms with van der Waals surface area (Å²) in [4.78, 5) is 29.3. The standard InChI is InChI=1S/C16H14N2O5S/c1-8-13-10(16(20)22-9(2)15(19)21-3)7-11(12-5-4-6-24-12)17-14(13)23-18-8/h4-7,9H,1-3H3/t9-/m0/s1. The van der Waals surface area contributed by atoms with Crippen LogP contribution in [0.15, 0.2) is 28.1 Å². The summed E-state index contributed by atoms with van der Waals surface area (Å²) < 4.78 is 15.0. The zero-order valence-electron chi connectivity index (χ0n) is 13.2. The van der Waals surface area contributed by atoms with Crippen LogP contribution in [-0.4, -0.2) is 35.3 Å². The third-order valence-electron chi connectivity index (χ3n) is 3.43. The van der Waals surface area contributed by atoms with Crippen molar-refractivity contribution in [1.29, 1.82) is 0 Å². The number of rotatable bonds is 4. The molecule has 0 saturated carbocycles. The number of aryl methyl sites for hydroxylation is 1. The molecular formula is C16H14N2O5S. The number of hydrogen-bond acceptors (Lipinski definition) is 8. The monoisotopic (exact) mass is 346 g/mol. The average Bonchev–Trinajstić information content (AvgIpc) is 3.23.